The summed E-state index contributed by atoms with van der Waals surface area (Å²) in [7, 11) is 1.93. The molecule has 5 heteroatoms. The van der Waals surface area contributed by atoms with Crippen LogP contribution in [-0.4, -0.2) is 44.6 Å². The van der Waals surface area contributed by atoms with Gasteiger partial charge in [-0.15, -0.1) is 5.10 Å². The van der Waals surface area contributed by atoms with E-state index >= 15 is 0 Å². The zero-order valence-corrected chi connectivity index (χ0v) is 14.1. The molecule has 0 radical (unpaired) electrons. The largest absolute Gasteiger partial charge is 0.308 e. The molecule has 1 aliphatic heterocycles. The fourth-order valence-corrected chi connectivity index (χ4v) is 3.74. The highest BCUT2D eigenvalue weighted by atomic mass is 15.4. The predicted octanol–water partition coefficient (Wildman–Crippen LogP) is 1.80. The number of nitrogens with zero attached hydrogens (tertiary/aromatic N) is 4. The van der Waals surface area contributed by atoms with E-state index in [0.29, 0.717) is 6.04 Å². The Hall–Kier alpha value is -0.940. The molecule has 21 heavy (non-hydrogen) atoms. The third-order valence-electron chi connectivity index (χ3n) is 5.16. The van der Waals surface area contributed by atoms with Crippen molar-refractivity contribution in [2.75, 3.05) is 13.1 Å². The second kappa shape index (κ2) is 5.06. The lowest BCUT2D eigenvalue weighted by Gasteiger charge is -2.50. The zero-order chi connectivity index (χ0) is 15.3. The van der Waals surface area contributed by atoms with Crippen molar-refractivity contribution in [1.82, 2.24) is 25.2 Å². The molecule has 0 aromatic carbocycles. The number of aryl methyl sites for hydroxylation is 1. The summed E-state index contributed by atoms with van der Waals surface area (Å²) in [5.74, 6) is 0.850. The summed E-state index contributed by atoms with van der Waals surface area (Å²) in [6.45, 7) is 12.5. The van der Waals surface area contributed by atoms with Gasteiger partial charge in [0.25, 0.3) is 0 Å². The third-order valence-corrected chi connectivity index (χ3v) is 5.16. The van der Waals surface area contributed by atoms with Gasteiger partial charge in [0.1, 0.15) is 0 Å². The Bertz CT molecular complexity index is 499. The SMILES string of the molecule is Cn1cc(CN2CC(C)(C3CC3)NCC2C(C)(C)C)nn1. The van der Waals surface area contributed by atoms with E-state index in [2.05, 4.69) is 48.2 Å². The van der Waals surface area contributed by atoms with Crippen LogP contribution in [0.1, 0.15) is 46.2 Å². The second-order valence-electron chi connectivity index (χ2n) is 8.24. The molecule has 1 N–H and O–H groups in total. The van der Waals surface area contributed by atoms with Gasteiger partial charge in [0.2, 0.25) is 0 Å². The molecule has 2 fully saturated rings. The molecule has 1 aliphatic carbocycles. The van der Waals surface area contributed by atoms with Gasteiger partial charge >= 0.3 is 0 Å². The van der Waals surface area contributed by atoms with Crippen LogP contribution >= 0.6 is 0 Å². The van der Waals surface area contributed by atoms with Gasteiger partial charge in [0.05, 0.1) is 5.69 Å². The first kappa shape index (κ1) is 15.0. The van der Waals surface area contributed by atoms with Gasteiger partial charge in [-0.25, -0.2) is 0 Å². The molecule has 2 atom stereocenters. The number of hydrogen-bond acceptors (Lipinski definition) is 4. The Labute approximate surface area is 128 Å². The van der Waals surface area contributed by atoms with Crippen LogP contribution in [-0.2, 0) is 13.6 Å². The minimum Gasteiger partial charge on any atom is -0.308 e. The van der Waals surface area contributed by atoms with E-state index < -0.39 is 0 Å². The summed E-state index contributed by atoms with van der Waals surface area (Å²) < 4.78 is 1.80. The third kappa shape index (κ3) is 3.14. The van der Waals surface area contributed by atoms with E-state index in [4.69, 9.17) is 0 Å². The van der Waals surface area contributed by atoms with Crippen molar-refractivity contribution >= 4 is 0 Å². The summed E-state index contributed by atoms with van der Waals surface area (Å²) in [5, 5.41) is 12.2. The normalized spacial score (nSPS) is 31.6. The second-order valence-corrected chi connectivity index (χ2v) is 8.24. The highest BCUT2D eigenvalue weighted by molar-refractivity contribution is 5.07. The van der Waals surface area contributed by atoms with Crippen molar-refractivity contribution in [3.05, 3.63) is 11.9 Å². The number of hydrogen-bond donors (Lipinski definition) is 1. The van der Waals surface area contributed by atoms with Gasteiger partial charge in [0.15, 0.2) is 0 Å². The molecular formula is C16H29N5. The van der Waals surface area contributed by atoms with Crippen LogP contribution < -0.4 is 5.32 Å². The van der Waals surface area contributed by atoms with Crippen LogP contribution in [0.5, 0.6) is 0 Å². The summed E-state index contributed by atoms with van der Waals surface area (Å²) in [6, 6.07) is 0.534. The van der Waals surface area contributed by atoms with E-state index in [-0.39, 0.29) is 11.0 Å². The summed E-state index contributed by atoms with van der Waals surface area (Å²) >= 11 is 0. The van der Waals surface area contributed by atoms with Gasteiger partial charge in [-0.1, -0.05) is 26.0 Å². The van der Waals surface area contributed by atoms with E-state index in [1.54, 1.807) is 4.68 Å². The molecule has 1 aromatic heterocycles. The standard InChI is InChI=1S/C16H29N5/c1-15(2,3)14-8-17-16(4,12-6-7-12)11-21(14)10-13-9-20(5)19-18-13/h9,12,14,17H,6-8,10-11H2,1-5H3. The van der Waals surface area contributed by atoms with Gasteiger partial charge in [-0.3, -0.25) is 9.58 Å². The van der Waals surface area contributed by atoms with Crippen LogP contribution in [0.2, 0.25) is 0 Å². The average Bonchev–Trinajstić information content (AvgIpc) is 3.14. The topological polar surface area (TPSA) is 46.0 Å². The molecule has 1 saturated heterocycles. The minimum absolute atomic E-state index is 0.264. The lowest BCUT2D eigenvalue weighted by molar-refractivity contribution is 0.0137. The fourth-order valence-electron chi connectivity index (χ4n) is 3.74. The summed E-state index contributed by atoms with van der Waals surface area (Å²) in [5.41, 5.74) is 1.61. The number of nitrogens with one attached hydrogen (secondary N) is 1. The predicted molar refractivity (Wildman–Crippen MR) is 83.8 cm³/mol. The highest BCUT2D eigenvalue weighted by Gasteiger charge is 2.47. The van der Waals surface area contributed by atoms with Crippen molar-refractivity contribution < 1.29 is 0 Å². The lowest BCUT2D eigenvalue weighted by atomic mass is 9.80. The van der Waals surface area contributed by atoms with Gasteiger partial charge < -0.3 is 5.32 Å². The van der Waals surface area contributed by atoms with Crippen molar-refractivity contribution in [3.63, 3.8) is 0 Å². The Balaban J connectivity index is 1.79. The average molecular weight is 291 g/mol. The van der Waals surface area contributed by atoms with Crippen LogP contribution in [0.15, 0.2) is 6.20 Å². The van der Waals surface area contributed by atoms with Crippen molar-refractivity contribution in [2.24, 2.45) is 18.4 Å². The van der Waals surface area contributed by atoms with Gasteiger partial charge in [-0.2, -0.15) is 0 Å². The fraction of sp³-hybridized carbons (Fsp3) is 0.875. The van der Waals surface area contributed by atoms with E-state index in [1.165, 1.54) is 12.8 Å². The van der Waals surface area contributed by atoms with Crippen molar-refractivity contribution in [2.45, 2.75) is 58.7 Å². The Morgan fingerprint density at radius 2 is 2.10 bits per heavy atom. The number of aromatic nitrogens is 3. The smallest absolute Gasteiger partial charge is 0.0967 e. The highest BCUT2D eigenvalue weighted by Crippen LogP contribution is 2.43. The maximum atomic E-state index is 4.29. The first-order valence-electron chi connectivity index (χ1n) is 8.12. The van der Waals surface area contributed by atoms with Crippen LogP contribution in [0.4, 0.5) is 0 Å². The maximum absolute atomic E-state index is 4.29. The van der Waals surface area contributed by atoms with E-state index in [9.17, 15) is 0 Å². The first-order chi connectivity index (χ1) is 9.78. The molecule has 3 rings (SSSR count). The molecule has 1 saturated carbocycles. The first-order valence-corrected chi connectivity index (χ1v) is 8.12. The monoisotopic (exact) mass is 291 g/mol. The summed E-state index contributed by atoms with van der Waals surface area (Å²) in [6.07, 6.45) is 4.79. The Morgan fingerprint density at radius 1 is 1.38 bits per heavy atom. The van der Waals surface area contributed by atoms with Crippen LogP contribution in [0.25, 0.3) is 0 Å². The molecular weight excluding hydrogens is 262 g/mol. The molecule has 0 bridgehead atoms. The minimum atomic E-state index is 0.264. The van der Waals surface area contributed by atoms with Crippen molar-refractivity contribution in [1.29, 1.82) is 0 Å². The quantitative estimate of drug-likeness (QED) is 0.922. The molecule has 1 aromatic rings. The molecule has 2 heterocycles. The number of piperazine rings is 1. The molecule has 2 aliphatic rings. The maximum Gasteiger partial charge on any atom is 0.0967 e. The van der Waals surface area contributed by atoms with Crippen LogP contribution in [0, 0.1) is 11.3 Å². The van der Waals surface area contributed by atoms with Crippen molar-refractivity contribution in [3.8, 4) is 0 Å². The number of rotatable bonds is 3. The molecule has 2 unspecified atom stereocenters. The van der Waals surface area contributed by atoms with E-state index in [0.717, 1.165) is 31.2 Å². The summed E-state index contributed by atoms with van der Waals surface area (Å²) in [4.78, 5) is 2.62. The molecule has 0 spiro atoms. The van der Waals surface area contributed by atoms with Crippen LogP contribution in [0.3, 0.4) is 0 Å². The van der Waals surface area contributed by atoms with Gasteiger partial charge in [0, 0.05) is 44.5 Å². The van der Waals surface area contributed by atoms with E-state index in [1.807, 2.05) is 13.2 Å². The lowest BCUT2D eigenvalue weighted by Crippen LogP contribution is -2.66. The molecule has 0 amide bonds. The molecule has 118 valence electrons. The van der Waals surface area contributed by atoms with Gasteiger partial charge in [-0.05, 0) is 31.1 Å². The zero-order valence-electron chi connectivity index (χ0n) is 14.1. The Kier molecular flexibility index (Phi) is 3.61. The molecule has 5 nitrogen and oxygen atoms in total. The Morgan fingerprint density at radius 3 is 2.62 bits per heavy atom.